The summed E-state index contributed by atoms with van der Waals surface area (Å²) in [5.41, 5.74) is 1.20. The van der Waals surface area contributed by atoms with Gasteiger partial charge in [0.1, 0.15) is 28.1 Å². The molecule has 0 saturated heterocycles. The number of ether oxygens (including phenoxy) is 1. The second-order valence-corrected chi connectivity index (χ2v) is 9.45. The van der Waals surface area contributed by atoms with E-state index in [1.165, 1.54) is 6.07 Å². The van der Waals surface area contributed by atoms with Gasteiger partial charge >= 0.3 is 0 Å². The first kappa shape index (κ1) is 22.8. The highest BCUT2D eigenvalue weighted by atomic mass is 79.9. The monoisotopic (exact) mass is 505 g/mol. The summed E-state index contributed by atoms with van der Waals surface area (Å²) < 4.78 is 34.5. The number of aryl methyl sites for hydroxylation is 1. The minimum Gasteiger partial charge on any atom is -0.492 e. The zero-order chi connectivity index (χ0) is 22.6. The topological polar surface area (TPSA) is 96.5 Å². The minimum absolute atomic E-state index is 0.0682. The Labute approximate surface area is 190 Å². The van der Waals surface area contributed by atoms with Crippen LogP contribution in [-0.2, 0) is 10.0 Å². The van der Waals surface area contributed by atoms with Gasteiger partial charge in [-0.15, -0.1) is 0 Å². The van der Waals surface area contributed by atoms with Crippen molar-refractivity contribution in [2.45, 2.75) is 18.7 Å². The number of hydrogen-bond acceptors (Lipinski definition) is 7. The van der Waals surface area contributed by atoms with E-state index in [9.17, 15) is 8.42 Å². The first-order valence-electron chi connectivity index (χ1n) is 9.53. The number of benzene rings is 2. The average Bonchev–Trinajstić information content (AvgIpc) is 2.70. The molecule has 3 rings (SSSR count). The minimum atomic E-state index is -3.83. The molecule has 2 N–H and O–H groups in total. The van der Waals surface area contributed by atoms with Crippen LogP contribution >= 0.6 is 15.9 Å². The van der Waals surface area contributed by atoms with Crippen LogP contribution in [0.2, 0.25) is 0 Å². The summed E-state index contributed by atoms with van der Waals surface area (Å²) in [5.74, 6) is 2.39. The molecule has 0 bridgehead atoms. The van der Waals surface area contributed by atoms with Gasteiger partial charge in [0.05, 0.1) is 6.61 Å². The molecule has 8 nitrogen and oxygen atoms in total. The maximum Gasteiger partial charge on any atom is 0.265 e. The molecule has 0 fully saturated rings. The number of rotatable bonds is 8. The molecule has 3 aromatic rings. The molecule has 164 valence electrons. The van der Waals surface area contributed by atoms with Gasteiger partial charge in [-0.1, -0.05) is 15.9 Å². The van der Waals surface area contributed by atoms with Crippen LogP contribution in [0.5, 0.6) is 5.75 Å². The number of hydrogen-bond donors (Lipinski definition) is 2. The Kier molecular flexibility index (Phi) is 7.01. The molecule has 0 amide bonds. The third-order valence-electron chi connectivity index (χ3n) is 4.19. The number of halogens is 1. The van der Waals surface area contributed by atoms with E-state index in [4.69, 9.17) is 4.74 Å². The highest BCUT2D eigenvalue weighted by Crippen LogP contribution is 2.29. The van der Waals surface area contributed by atoms with Gasteiger partial charge in [-0.05, 0) is 56.3 Å². The van der Waals surface area contributed by atoms with E-state index in [0.29, 0.717) is 34.2 Å². The predicted molar refractivity (Wildman–Crippen MR) is 127 cm³/mol. The van der Waals surface area contributed by atoms with Crippen LogP contribution in [0, 0.1) is 6.92 Å². The first-order valence-corrected chi connectivity index (χ1v) is 11.8. The van der Waals surface area contributed by atoms with Crippen molar-refractivity contribution in [3.05, 3.63) is 58.8 Å². The number of anilines is 4. The normalized spacial score (nSPS) is 11.1. The quantitative estimate of drug-likeness (QED) is 0.463. The molecule has 0 saturated carbocycles. The Morgan fingerprint density at radius 3 is 2.35 bits per heavy atom. The number of aromatic nitrogens is 2. The Balaban J connectivity index is 1.79. The molecule has 1 aromatic heterocycles. The van der Waals surface area contributed by atoms with Crippen LogP contribution < -0.4 is 19.7 Å². The van der Waals surface area contributed by atoms with E-state index in [-0.39, 0.29) is 4.90 Å². The summed E-state index contributed by atoms with van der Waals surface area (Å²) in [6, 6.07) is 13.6. The van der Waals surface area contributed by atoms with Crippen molar-refractivity contribution in [1.82, 2.24) is 9.97 Å². The van der Waals surface area contributed by atoms with Crippen LogP contribution in [0.25, 0.3) is 0 Å². The molecule has 0 aliphatic heterocycles. The van der Waals surface area contributed by atoms with Crippen molar-refractivity contribution >= 4 is 49.0 Å². The van der Waals surface area contributed by atoms with Gasteiger partial charge in [-0.25, -0.2) is 18.4 Å². The van der Waals surface area contributed by atoms with Gasteiger partial charge in [-0.3, -0.25) is 4.72 Å². The van der Waals surface area contributed by atoms with Crippen LogP contribution in [0.1, 0.15) is 12.7 Å². The summed E-state index contributed by atoms with van der Waals surface area (Å²) >= 11 is 3.32. The van der Waals surface area contributed by atoms with E-state index in [1.54, 1.807) is 43.3 Å². The molecule has 0 atom stereocenters. The molecule has 0 aliphatic rings. The molecular formula is C21H24BrN5O3S. The second kappa shape index (κ2) is 9.52. The lowest BCUT2D eigenvalue weighted by molar-refractivity contribution is 0.331. The molecule has 2 aromatic carbocycles. The summed E-state index contributed by atoms with van der Waals surface area (Å²) in [4.78, 5) is 10.7. The SMILES string of the molecule is CCOc1ccc(Br)cc1S(=O)(=O)Nc1ccc(Nc2cc(N(C)C)nc(C)n2)cc1. The Morgan fingerprint density at radius 1 is 1.03 bits per heavy atom. The third-order valence-corrected chi connectivity index (χ3v) is 6.08. The molecule has 31 heavy (non-hydrogen) atoms. The lowest BCUT2D eigenvalue weighted by Gasteiger charge is -2.15. The number of nitrogens with zero attached hydrogens (tertiary/aromatic N) is 3. The third kappa shape index (κ3) is 5.86. The highest BCUT2D eigenvalue weighted by molar-refractivity contribution is 9.10. The van der Waals surface area contributed by atoms with Crippen LogP contribution in [0.4, 0.5) is 23.0 Å². The molecule has 0 spiro atoms. The standard InChI is InChI=1S/C21H24BrN5O3S/c1-5-30-18-11-6-15(22)12-19(18)31(28,29)26-17-9-7-16(8-10-17)25-20-13-21(27(3)4)24-14(2)23-20/h6-13,26H,5H2,1-4H3,(H,23,24,25). The predicted octanol–water partition coefficient (Wildman–Crippen LogP) is 4.56. The maximum atomic E-state index is 12.9. The van der Waals surface area contributed by atoms with Gasteiger partial charge < -0.3 is 15.0 Å². The lowest BCUT2D eigenvalue weighted by atomic mass is 10.3. The fourth-order valence-electron chi connectivity index (χ4n) is 2.79. The molecular weight excluding hydrogens is 482 g/mol. The van der Waals surface area contributed by atoms with Crippen LogP contribution in [0.3, 0.4) is 0 Å². The largest absolute Gasteiger partial charge is 0.492 e. The molecule has 1 heterocycles. The highest BCUT2D eigenvalue weighted by Gasteiger charge is 2.20. The zero-order valence-electron chi connectivity index (χ0n) is 17.7. The summed E-state index contributed by atoms with van der Waals surface area (Å²) in [6.07, 6.45) is 0. The smallest absolute Gasteiger partial charge is 0.265 e. The van der Waals surface area contributed by atoms with Crippen molar-refractivity contribution in [2.75, 3.05) is 35.6 Å². The van der Waals surface area contributed by atoms with E-state index >= 15 is 0 Å². The Bertz CT molecular complexity index is 1170. The van der Waals surface area contributed by atoms with Crippen molar-refractivity contribution < 1.29 is 13.2 Å². The van der Waals surface area contributed by atoms with Gasteiger partial charge in [0.2, 0.25) is 0 Å². The summed E-state index contributed by atoms with van der Waals surface area (Å²) in [6.45, 7) is 4.00. The average molecular weight is 506 g/mol. The Hall–Kier alpha value is -2.85. The molecule has 0 unspecified atom stereocenters. The van der Waals surface area contributed by atoms with E-state index in [0.717, 1.165) is 11.5 Å². The van der Waals surface area contributed by atoms with E-state index < -0.39 is 10.0 Å². The van der Waals surface area contributed by atoms with Gasteiger partial charge in [0.25, 0.3) is 10.0 Å². The van der Waals surface area contributed by atoms with Crippen molar-refractivity contribution in [2.24, 2.45) is 0 Å². The zero-order valence-corrected chi connectivity index (χ0v) is 20.1. The second-order valence-electron chi connectivity index (χ2n) is 6.88. The fraction of sp³-hybridized carbons (Fsp3) is 0.238. The van der Waals surface area contributed by atoms with E-state index in [2.05, 4.69) is 35.9 Å². The lowest BCUT2D eigenvalue weighted by Crippen LogP contribution is -2.14. The van der Waals surface area contributed by atoms with Gasteiger partial charge in [0.15, 0.2) is 0 Å². The fourth-order valence-corrected chi connectivity index (χ4v) is 4.53. The summed E-state index contributed by atoms with van der Waals surface area (Å²) in [5, 5.41) is 3.21. The molecule has 0 radical (unpaired) electrons. The first-order chi connectivity index (χ1) is 14.7. The number of sulfonamides is 1. The summed E-state index contributed by atoms with van der Waals surface area (Å²) in [7, 11) is -0.00991. The van der Waals surface area contributed by atoms with Crippen molar-refractivity contribution in [1.29, 1.82) is 0 Å². The van der Waals surface area contributed by atoms with E-state index in [1.807, 2.05) is 32.0 Å². The number of nitrogens with one attached hydrogen (secondary N) is 2. The Morgan fingerprint density at radius 2 is 1.71 bits per heavy atom. The molecule has 0 aliphatic carbocycles. The van der Waals surface area contributed by atoms with Crippen molar-refractivity contribution in [3.63, 3.8) is 0 Å². The maximum absolute atomic E-state index is 12.9. The van der Waals surface area contributed by atoms with Crippen molar-refractivity contribution in [3.8, 4) is 5.75 Å². The van der Waals surface area contributed by atoms with Crippen LogP contribution in [0.15, 0.2) is 57.9 Å². The van der Waals surface area contributed by atoms with Gasteiger partial charge in [-0.2, -0.15) is 0 Å². The van der Waals surface area contributed by atoms with Gasteiger partial charge in [0, 0.05) is 36.0 Å². The van der Waals surface area contributed by atoms with Crippen LogP contribution in [-0.4, -0.2) is 39.1 Å². The molecule has 10 heteroatoms.